The van der Waals surface area contributed by atoms with Gasteiger partial charge in [0.25, 0.3) is 5.56 Å². The minimum atomic E-state index is -0.570. The Balaban J connectivity index is 1.77. The maximum Gasteiger partial charge on any atom is 0.315 e. The number of nitriles is 1. The van der Waals surface area contributed by atoms with Crippen LogP contribution in [0.4, 0.5) is 5.69 Å². The monoisotopic (exact) mass is 603 g/mol. The predicted molar refractivity (Wildman–Crippen MR) is 155 cm³/mol. The number of ether oxygens (including phenoxy) is 2. The topological polar surface area (TPSA) is 133 Å². The van der Waals surface area contributed by atoms with Crippen LogP contribution >= 0.6 is 15.9 Å². The summed E-state index contributed by atoms with van der Waals surface area (Å²) in [4.78, 5) is 29.5. The molecule has 0 saturated carbocycles. The van der Waals surface area contributed by atoms with E-state index in [0.29, 0.717) is 39.8 Å². The van der Waals surface area contributed by atoms with Gasteiger partial charge in [0.1, 0.15) is 12.4 Å². The number of halogens is 1. The first-order valence-electron chi connectivity index (χ1n) is 12.7. The van der Waals surface area contributed by atoms with E-state index in [4.69, 9.17) is 9.47 Å². The van der Waals surface area contributed by atoms with Gasteiger partial charge in [-0.1, -0.05) is 47.5 Å². The van der Waals surface area contributed by atoms with Gasteiger partial charge in [-0.2, -0.15) is 15.0 Å². The van der Waals surface area contributed by atoms with Crippen LogP contribution in [0.25, 0.3) is 10.9 Å². The van der Waals surface area contributed by atoms with Crippen LogP contribution in [0.5, 0.6) is 11.5 Å². The molecule has 11 heteroatoms. The third kappa shape index (κ3) is 6.35. The van der Waals surface area contributed by atoms with Crippen molar-refractivity contribution in [1.82, 2.24) is 9.66 Å². The number of rotatable bonds is 11. The summed E-state index contributed by atoms with van der Waals surface area (Å²) < 4.78 is 13.5. The minimum Gasteiger partial charge on any atom is -0.490 e. The van der Waals surface area contributed by atoms with E-state index >= 15 is 0 Å². The van der Waals surface area contributed by atoms with Crippen molar-refractivity contribution in [3.8, 4) is 17.6 Å². The molecule has 0 amide bonds. The van der Waals surface area contributed by atoms with Gasteiger partial charge in [-0.15, -0.1) is 0 Å². The van der Waals surface area contributed by atoms with Gasteiger partial charge in [-0.25, -0.2) is 4.98 Å². The Bertz CT molecular complexity index is 1690. The maximum atomic E-state index is 13.4. The summed E-state index contributed by atoms with van der Waals surface area (Å²) in [6, 6.07) is 17.1. The molecule has 0 aliphatic carbocycles. The van der Waals surface area contributed by atoms with Crippen molar-refractivity contribution in [1.29, 1.82) is 5.26 Å². The number of fused-ring (bicyclic) bond motifs is 1. The van der Waals surface area contributed by atoms with Crippen molar-refractivity contribution in [2.45, 2.75) is 39.7 Å². The summed E-state index contributed by atoms with van der Waals surface area (Å²) in [7, 11) is 0. The number of nitrogens with zero attached hydrogens (tertiary/aromatic N) is 5. The summed E-state index contributed by atoms with van der Waals surface area (Å²) >= 11 is 3.39. The van der Waals surface area contributed by atoms with Gasteiger partial charge in [0, 0.05) is 28.1 Å². The summed E-state index contributed by atoms with van der Waals surface area (Å²) in [6.45, 7) is 3.96. The zero-order valence-electron chi connectivity index (χ0n) is 22.0. The molecular formula is C29H26BrN5O5. The van der Waals surface area contributed by atoms with E-state index in [2.05, 4.69) is 32.1 Å². The highest BCUT2D eigenvalue weighted by Gasteiger charge is 2.23. The van der Waals surface area contributed by atoms with Gasteiger partial charge in [0.2, 0.25) is 5.75 Å². The number of hydrogen-bond donors (Lipinski definition) is 0. The quantitative estimate of drug-likeness (QED) is 0.114. The van der Waals surface area contributed by atoms with E-state index in [9.17, 15) is 20.2 Å². The molecule has 0 aliphatic heterocycles. The van der Waals surface area contributed by atoms with Crippen molar-refractivity contribution >= 4 is 38.7 Å². The lowest BCUT2D eigenvalue weighted by molar-refractivity contribution is -0.386. The Hall–Kier alpha value is -4.56. The normalized spacial score (nSPS) is 11.1. The standard InChI is InChI=1S/C29H26BrN5O5/c1-3-5-10-27-33-24-12-11-22(30)15-23(24)29(36)34(27)32-17-19-13-25(35(37)38)28(26(14-19)39-4-2)40-18-21-9-7-6-8-20(21)16-31/h6-9,11-15,17H,3-5,10,18H2,1-2H3. The molecule has 204 valence electrons. The summed E-state index contributed by atoms with van der Waals surface area (Å²) in [6.07, 6.45) is 3.62. The van der Waals surface area contributed by atoms with Crippen LogP contribution in [-0.4, -0.2) is 27.4 Å². The van der Waals surface area contributed by atoms with Crippen LogP contribution in [0.15, 0.2) is 69.0 Å². The Labute approximate surface area is 238 Å². The Kier molecular flexibility index (Phi) is 9.24. The van der Waals surface area contributed by atoms with Gasteiger partial charge in [0.05, 0.1) is 40.3 Å². The van der Waals surface area contributed by atoms with Crippen LogP contribution in [-0.2, 0) is 13.0 Å². The SMILES string of the molecule is CCCCc1nc2ccc(Br)cc2c(=O)n1N=Cc1cc(OCC)c(OCc2ccccc2C#N)c([N+](=O)[O-])c1. The van der Waals surface area contributed by atoms with Gasteiger partial charge in [0.15, 0.2) is 5.75 Å². The third-order valence-electron chi connectivity index (χ3n) is 6.02. The van der Waals surface area contributed by atoms with Crippen molar-refractivity contribution in [3.63, 3.8) is 0 Å². The molecule has 4 rings (SSSR count). The van der Waals surface area contributed by atoms with Gasteiger partial charge in [-0.3, -0.25) is 14.9 Å². The average Bonchev–Trinajstić information content (AvgIpc) is 2.95. The maximum absolute atomic E-state index is 13.4. The van der Waals surface area contributed by atoms with E-state index in [1.807, 2.05) is 13.0 Å². The van der Waals surface area contributed by atoms with Crippen molar-refractivity contribution in [2.75, 3.05) is 6.61 Å². The number of unbranched alkanes of at least 4 members (excludes halogenated alkanes) is 1. The van der Waals surface area contributed by atoms with E-state index in [1.54, 1.807) is 49.4 Å². The van der Waals surface area contributed by atoms with Crippen LogP contribution in [0.2, 0.25) is 0 Å². The van der Waals surface area contributed by atoms with Gasteiger partial charge >= 0.3 is 5.69 Å². The summed E-state index contributed by atoms with van der Waals surface area (Å²) in [5.41, 5.74) is 1.22. The molecule has 1 heterocycles. The molecule has 40 heavy (non-hydrogen) atoms. The van der Waals surface area contributed by atoms with E-state index in [-0.39, 0.29) is 36.0 Å². The Morgan fingerprint density at radius 1 is 1.18 bits per heavy atom. The van der Waals surface area contributed by atoms with E-state index < -0.39 is 4.92 Å². The van der Waals surface area contributed by atoms with Crippen LogP contribution in [0, 0.1) is 21.4 Å². The van der Waals surface area contributed by atoms with Crippen molar-refractivity contribution in [2.24, 2.45) is 5.10 Å². The number of aryl methyl sites for hydroxylation is 1. The van der Waals surface area contributed by atoms with E-state index in [1.165, 1.54) is 17.0 Å². The molecule has 0 spiro atoms. The molecule has 0 unspecified atom stereocenters. The molecule has 3 aromatic carbocycles. The van der Waals surface area contributed by atoms with Crippen molar-refractivity contribution in [3.05, 3.63) is 102 Å². The molecule has 0 N–H and O–H groups in total. The highest BCUT2D eigenvalue weighted by molar-refractivity contribution is 9.10. The predicted octanol–water partition coefficient (Wildman–Crippen LogP) is 6.14. The number of benzene rings is 3. The molecular weight excluding hydrogens is 578 g/mol. The summed E-state index contributed by atoms with van der Waals surface area (Å²) in [5, 5.41) is 26.2. The second-order valence-electron chi connectivity index (χ2n) is 8.77. The van der Waals surface area contributed by atoms with E-state index in [0.717, 1.165) is 17.3 Å². The second kappa shape index (κ2) is 13.0. The highest BCUT2D eigenvalue weighted by Crippen LogP contribution is 2.39. The number of hydrogen-bond acceptors (Lipinski definition) is 8. The number of nitro groups is 1. The molecule has 0 atom stereocenters. The van der Waals surface area contributed by atoms with Crippen LogP contribution in [0.1, 0.15) is 49.2 Å². The van der Waals surface area contributed by atoms with Gasteiger partial charge < -0.3 is 9.47 Å². The van der Waals surface area contributed by atoms with Crippen LogP contribution < -0.4 is 15.0 Å². The zero-order valence-corrected chi connectivity index (χ0v) is 23.6. The lowest BCUT2D eigenvalue weighted by Gasteiger charge is -2.14. The lowest BCUT2D eigenvalue weighted by atomic mass is 10.1. The first kappa shape index (κ1) is 28.4. The molecule has 0 saturated heterocycles. The Morgan fingerprint density at radius 3 is 2.70 bits per heavy atom. The molecule has 0 aliphatic rings. The molecule has 0 fully saturated rings. The molecule has 0 radical (unpaired) electrons. The van der Waals surface area contributed by atoms with Gasteiger partial charge in [-0.05, 0) is 43.7 Å². The average molecular weight is 604 g/mol. The number of nitro benzene ring substituents is 1. The fourth-order valence-corrected chi connectivity index (χ4v) is 4.43. The largest absolute Gasteiger partial charge is 0.490 e. The highest BCUT2D eigenvalue weighted by atomic mass is 79.9. The minimum absolute atomic E-state index is 0.0604. The fourth-order valence-electron chi connectivity index (χ4n) is 4.07. The number of aromatic nitrogens is 2. The molecule has 10 nitrogen and oxygen atoms in total. The first-order chi connectivity index (χ1) is 19.4. The fraction of sp³-hybridized carbons (Fsp3) is 0.241. The Morgan fingerprint density at radius 2 is 1.98 bits per heavy atom. The molecule has 4 aromatic rings. The zero-order chi connectivity index (χ0) is 28.6. The first-order valence-corrected chi connectivity index (χ1v) is 13.5. The lowest BCUT2D eigenvalue weighted by Crippen LogP contribution is -2.22. The molecule has 1 aromatic heterocycles. The third-order valence-corrected chi connectivity index (χ3v) is 6.51. The van der Waals surface area contributed by atoms with Crippen molar-refractivity contribution < 1.29 is 14.4 Å². The summed E-state index contributed by atoms with van der Waals surface area (Å²) in [5.74, 6) is 0.579. The van der Waals surface area contributed by atoms with Crippen LogP contribution in [0.3, 0.4) is 0 Å². The second-order valence-corrected chi connectivity index (χ2v) is 9.69. The smallest absolute Gasteiger partial charge is 0.315 e. The molecule has 0 bridgehead atoms.